The van der Waals surface area contributed by atoms with Crippen molar-refractivity contribution in [1.29, 1.82) is 0 Å². The number of amides is 7. The summed E-state index contributed by atoms with van der Waals surface area (Å²) in [5.74, 6) is -1.93. The molecule has 6 aliphatic heterocycles. The van der Waals surface area contributed by atoms with E-state index in [1.165, 1.54) is 14.9 Å². The molecule has 0 saturated carbocycles. The van der Waals surface area contributed by atoms with E-state index >= 15 is 0 Å². The molecule has 3 N–H and O–H groups in total. The number of hydrogen-bond donors (Lipinski definition) is 2. The number of benzene rings is 6. The SMILES string of the molecule is Cc1ccc(-n2nc(C(=O)O)c3c2C(=O)N(c2ccc(N4CCCCC4=O)cc2)CC3)cc1.Cc1ccc(-n2nc(C(N)=O)c3c2C(=O)N(c2ccc(N4CCCCC4=O)cc2)CC3)cc1.Cc1ccc(-n2nc(C)c3c2C(=O)N(c2ccc(N4CCCCC4=O)cc2)CC3)cc1. The Hall–Kier alpha value is -11.3. The molecule has 22 nitrogen and oxygen atoms in total. The highest BCUT2D eigenvalue weighted by atomic mass is 16.4. The number of hydrogen-bond acceptors (Lipinski definition) is 11. The van der Waals surface area contributed by atoms with Crippen LogP contribution in [0.1, 0.15) is 149 Å². The number of primary amides is 1. The zero-order valence-corrected chi connectivity index (χ0v) is 54.7. The van der Waals surface area contributed by atoms with Gasteiger partial charge in [-0.1, -0.05) is 53.1 Å². The summed E-state index contributed by atoms with van der Waals surface area (Å²) in [4.78, 5) is 112. The quantitative estimate of drug-likeness (QED) is 0.123. The van der Waals surface area contributed by atoms with Crippen LogP contribution in [0.5, 0.6) is 0 Å². The van der Waals surface area contributed by atoms with Gasteiger partial charge in [0.2, 0.25) is 17.7 Å². The van der Waals surface area contributed by atoms with Gasteiger partial charge in [0.15, 0.2) is 11.4 Å². The normalized spacial score (nSPS) is 16.3. The molecule has 0 radical (unpaired) electrons. The summed E-state index contributed by atoms with van der Waals surface area (Å²) in [7, 11) is 0. The molecule has 6 aromatic carbocycles. The molecule has 494 valence electrons. The third-order valence-electron chi connectivity index (χ3n) is 18.9. The number of rotatable bonds is 11. The number of fused-ring (bicyclic) bond motifs is 3. The van der Waals surface area contributed by atoms with Gasteiger partial charge in [-0.05, 0) is 195 Å². The van der Waals surface area contributed by atoms with Crippen molar-refractivity contribution in [1.82, 2.24) is 29.3 Å². The molecule has 9 heterocycles. The number of carbonyl (C=O) groups excluding carboxylic acids is 7. The topological polar surface area (TPSA) is 256 Å². The van der Waals surface area contributed by atoms with Crippen LogP contribution in [0.15, 0.2) is 146 Å². The minimum Gasteiger partial charge on any atom is -0.476 e. The van der Waals surface area contributed by atoms with Crippen LogP contribution in [0.2, 0.25) is 0 Å². The van der Waals surface area contributed by atoms with E-state index in [0.29, 0.717) is 97.9 Å². The number of piperidine rings is 3. The Bertz CT molecular complexity index is 4360. The Kier molecular flexibility index (Phi) is 18.1. The zero-order valence-electron chi connectivity index (χ0n) is 54.7. The molecule has 9 aromatic rings. The second kappa shape index (κ2) is 27.2. The van der Waals surface area contributed by atoms with E-state index in [1.807, 2.05) is 183 Å². The minimum absolute atomic E-state index is 0.0378. The minimum atomic E-state index is -1.14. The Morgan fingerprint density at radius 1 is 0.330 bits per heavy atom. The van der Waals surface area contributed by atoms with Crippen molar-refractivity contribution >= 4 is 81.4 Å². The molecule has 0 spiro atoms. The van der Waals surface area contributed by atoms with E-state index in [4.69, 9.17) is 5.73 Å². The summed E-state index contributed by atoms with van der Waals surface area (Å²) in [6.07, 6.45) is 9.19. The van der Waals surface area contributed by atoms with E-state index in [2.05, 4.69) is 15.3 Å². The lowest BCUT2D eigenvalue weighted by Crippen LogP contribution is -2.39. The fourth-order valence-electron chi connectivity index (χ4n) is 13.7. The van der Waals surface area contributed by atoms with Gasteiger partial charge in [0.25, 0.3) is 23.6 Å². The van der Waals surface area contributed by atoms with Gasteiger partial charge < -0.3 is 40.2 Å². The second-order valence-corrected chi connectivity index (χ2v) is 25.4. The average Bonchev–Trinajstić information content (AvgIpc) is 1.59. The van der Waals surface area contributed by atoms with Crippen LogP contribution in [0, 0.1) is 27.7 Å². The number of aryl methyl sites for hydroxylation is 4. The van der Waals surface area contributed by atoms with Crippen molar-refractivity contribution in [2.45, 2.75) is 105 Å². The fraction of sp³-hybridized carbons (Fsp3) is 0.293. The van der Waals surface area contributed by atoms with Crippen molar-refractivity contribution in [2.75, 3.05) is 68.7 Å². The molecule has 0 unspecified atom stereocenters. The fourth-order valence-corrected chi connectivity index (χ4v) is 13.7. The third kappa shape index (κ3) is 12.8. The molecule has 97 heavy (non-hydrogen) atoms. The predicted octanol–water partition coefficient (Wildman–Crippen LogP) is 10.8. The lowest BCUT2D eigenvalue weighted by atomic mass is 10.0. The van der Waals surface area contributed by atoms with Crippen LogP contribution < -0.4 is 35.1 Å². The summed E-state index contributed by atoms with van der Waals surface area (Å²) in [6.45, 7) is 11.5. The van der Waals surface area contributed by atoms with Gasteiger partial charge in [-0.3, -0.25) is 33.6 Å². The molecule has 3 saturated heterocycles. The van der Waals surface area contributed by atoms with Crippen molar-refractivity contribution < 1.29 is 43.5 Å². The van der Waals surface area contributed by atoms with Gasteiger partial charge in [0, 0.05) is 109 Å². The highest BCUT2D eigenvalue weighted by Gasteiger charge is 2.38. The molecule has 15 rings (SSSR count). The molecule has 0 bridgehead atoms. The Balaban J connectivity index is 0.000000131. The summed E-state index contributed by atoms with van der Waals surface area (Å²) < 4.78 is 4.73. The highest BCUT2D eigenvalue weighted by Crippen LogP contribution is 2.35. The molecule has 0 aliphatic carbocycles. The number of nitrogens with two attached hydrogens (primary N) is 1. The number of aromatic carboxylic acids is 1. The third-order valence-corrected chi connectivity index (χ3v) is 18.9. The maximum absolute atomic E-state index is 13.6. The van der Waals surface area contributed by atoms with Crippen molar-refractivity contribution in [3.8, 4) is 17.1 Å². The van der Waals surface area contributed by atoms with Crippen molar-refractivity contribution in [3.63, 3.8) is 0 Å². The lowest BCUT2D eigenvalue weighted by Gasteiger charge is -2.29. The van der Waals surface area contributed by atoms with E-state index in [9.17, 15) is 43.5 Å². The first kappa shape index (κ1) is 64.4. The molecular weight excluding hydrogens is 1230 g/mol. The van der Waals surface area contributed by atoms with Crippen LogP contribution in [0.3, 0.4) is 0 Å². The molecular formula is C75H75N13O9. The summed E-state index contributed by atoms with van der Waals surface area (Å²) in [6, 6.07) is 45.8. The van der Waals surface area contributed by atoms with E-state index in [-0.39, 0.29) is 52.5 Å². The number of nitrogens with zero attached hydrogens (tertiary/aromatic N) is 12. The van der Waals surface area contributed by atoms with Crippen LogP contribution in [-0.4, -0.2) is 121 Å². The molecule has 3 fully saturated rings. The average molecular weight is 1300 g/mol. The maximum atomic E-state index is 13.6. The first-order chi connectivity index (χ1) is 46.9. The monoisotopic (exact) mass is 1300 g/mol. The van der Waals surface area contributed by atoms with Gasteiger partial charge in [-0.25, -0.2) is 18.8 Å². The van der Waals surface area contributed by atoms with Crippen LogP contribution in [0.25, 0.3) is 17.1 Å². The van der Waals surface area contributed by atoms with Crippen molar-refractivity contribution in [2.24, 2.45) is 5.73 Å². The molecule has 22 heteroatoms. The molecule has 7 amide bonds. The largest absolute Gasteiger partial charge is 0.476 e. The van der Waals surface area contributed by atoms with Crippen LogP contribution in [-0.2, 0) is 33.6 Å². The maximum Gasteiger partial charge on any atom is 0.356 e. The number of carbonyl (C=O) groups is 8. The van der Waals surface area contributed by atoms with Gasteiger partial charge >= 0.3 is 5.97 Å². The van der Waals surface area contributed by atoms with Gasteiger partial charge in [-0.15, -0.1) is 0 Å². The van der Waals surface area contributed by atoms with Crippen LogP contribution >= 0.6 is 0 Å². The first-order valence-corrected chi connectivity index (χ1v) is 33.1. The Morgan fingerprint density at radius 2 is 0.598 bits per heavy atom. The smallest absolute Gasteiger partial charge is 0.356 e. The predicted molar refractivity (Wildman–Crippen MR) is 369 cm³/mol. The summed E-state index contributed by atoms with van der Waals surface area (Å²) in [5.41, 5.74) is 20.2. The molecule has 3 aromatic heterocycles. The second-order valence-electron chi connectivity index (χ2n) is 25.4. The number of carboxylic acid groups (broad SMARTS) is 1. The number of anilines is 6. The van der Waals surface area contributed by atoms with Gasteiger partial charge in [-0.2, -0.15) is 15.3 Å². The highest BCUT2D eigenvalue weighted by molar-refractivity contribution is 6.11. The van der Waals surface area contributed by atoms with Crippen molar-refractivity contribution in [3.05, 3.63) is 213 Å². The Morgan fingerprint density at radius 3 is 0.907 bits per heavy atom. The summed E-state index contributed by atoms with van der Waals surface area (Å²) in [5, 5.41) is 23.0. The number of aromatic nitrogens is 6. The van der Waals surface area contributed by atoms with E-state index < -0.39 is 11.9 Å². The van der Waals surface area contributed by atoms with Crippen LogP contribution in [0.4, 0.5) is 34.1 Å². The van der Waals surface area contributed by atoms with E-state index in [0.717, 1.165) is 115 Å². The molecule has 6 aliphatic rings. The summed E-state index contributed by atoms with van der Waals surface area (Å²) >= 11 is 0. The lowest BCUT2D eigenvalue weighted by molar-refractivity contribution is -0.120. The molecule has 0 atom stereocenters. The Labute approximate surface area is 561 Å². The number of carboxylic acids is 1. The first-order valence-electron chi connectivity index (χ1n) is 33.1. The van der Waals surface area contributed by atoms with Gasteiger partial charge in [0.05, 0.1) is 22.8 Å². The zero-order chi connectivity index (χ0) is 67.8. The van der Waals surface area contributed by atoms with E-state index in [1.54, 1.807) is 24.3 Å². The van der Waals surface area contributed by atoms with Gasteiger partial charge in [0.1, 0.15) is 17.1 Å². The standard InChI is InChI=1S/C25H25N5O3.C25H24N4O4.C25H26N4O2/c1-16-5-7-19(8-6-16)30-23-20(22(27-30)24(26)32)13-15-29(25(23)33)18-11-9-17(10-12-18)28-14-3-2-4-21(28)31;1-16-5-7-19(8-6-16)29-23-20(22(26-29)25(32)33)13-15-28(24(23)31)18-11-9-17(10-12-18)27-14-3-2-4-21(27)30;1-17-6-8-21(9-7-17)29-24-22(18(2)26-29)14-16-28(25(24)31)20-12-10-19(11-13-20)27-15-4-3-5-23(27)30/h5-12H,2-4,13-15H2,1H3,(H2,26,32);5-12H,2-4,13-15H2,1H3,(H,32,33);6-13H,3-5,14-16H2,1-2H3.